The van der Waals surface area contributed by atoms with Crippen LogP contribution in [0.25, 0.3) is 0 Å². The van der Waals surface area contributed by atoms with Crippen molar-refractivity contribution < 1.29 is 14.3 Å². The van der Waals surface area contributed by atoms with Crippen molar-refractivity contribution in [1.82, 2.24) is 5.32 Å². The van der Waals surface area contributed by atoms with E-state index >= 15 is 0 Å². The van der Waals surface area contributed by atoms with Gasteiger partial charge >= 0.3 is 5.97 Å². The fraction of sp³-hybridized carbons (Fsp3) is 0.933. The van der Waals surface area contributed by atoms with Crippen LogP contribution in [0.2, 0.25) is 0 Å². The fourth-order valence-corrected chi connectivity index (χ4v) is 2.06. The highest BCUT2D eigenvalue weighted by Crippen LogP contribution is 2.12. The first kappa shape index (κ1) is 18.4. The van der Waals surface area contributed by atoms with Crippen molar-refractivity contribution in [3.8, 4) is 0 Å². The van der Waals surface area contributed by atoms with Gasteiger partial charge in [-0.3, -0.25) is 4.79 Å². The SMILES string of the molecule is CCCCCCCOCCC(C)(NCC)C(=O)OC. The number of rotatable bonds is 12. The molecular weight excluding hydrogens is 242 g/mol. The molecule has 0 bridgehead atoms. The van der Waals surface area contributed by atoms with Crippen molar-refractivity contribution in [3.63, 3.8) is 0 Å². The Labute approximate surface area is 118 Å². The summed E-state index contributed by atoms with van der Waals surface area (Å²) in [6, 6.07) is 0. The molecule has 4 heteroatoms. The topological polar surface area (TPSA) is 47.6 Å². The number of carbonyl (C=O) groups is 1. The molecule has 0 radical (unpaired) electrons. The quantitative estimate of drug-likeness (QED) is 0.439. The zero-order valence-corrected chi connectivity index (χ0v) is 13.1. The second-order valence-corrected chi connectivity index (χ2v) is 5.13. The number of methoxy groups -OCH3 is 1. The Bertz CT molecular complexity index is 233. The van der Waals surface area contributed by atoms with Crippen LogP contribution in [0, 0.1) is 0 Å². The van der Waals surface area contributed by atoms with Crippen LogP contribution in [0.3, 0.4) is 0 Å². The van der Waals surface area contributed by atoms with Gasteiger partial charge in [0.05, 0.1) is 7.11 Å². The third-order valence-electron chi connectivity index (χ3n) is 3.34. The van der Waals surface area contributed by atoms with Gasteiger partial charge in [0, 0.05) is 13.2 Å². The van der Waals surface area contributed by atoms with Crippen LogP contribution in [0.5, 0.6) is 0 Å². The first-order valence-electron chi connectivity index (χ1n) is 7.52. The normalized spacial score (nSPS) is 14.1. The number of unbranched alkanes of at least 4 members (excludes halogenated alkanes) is 4. The highest BCUT2D eigenvalue weighted by molar-refractivity contribution is 5.80. The molecule has 0 spiro atoms. The van der Waals surface area contributed by atoms with E-state index in [0.29, 0.717) is 13.0 Å². The summed E-state index contributed by atoms with van der Waals surface area (Å²) in [5.41, 5.74) is -0.633. The number of carbonyl (C=O) groups excluding carboxylic acids is 1. The number of nitrogens with one attached hydrogen (secondary N) is 1. The van der Waals surface area contributed by atoms with Crippen LogP contribution in [0.1, 0.15) is 59.3 Å². The van der Waals surface area contributed by atoms with Gasteiger partial charge in [-0.2, -0.15) is 0 Å². The molecule has 0 saturated heterocycles. The van der Waals surface area contributed by atoms with E-state index in [2.05, 4.69) is 12.2 Å². The van der Waals surface area contributed by atoms with Crippen molar-refractivity contribution >= 4 is 5.97 Å². The monoisotopic (exact) mass is 273 g/mol. The maximum Gasteiger partial charge on any atom is 0.325 e. The minimum Gasteiger partial charge on any atom is -0.468 e. The summed E-state index contributed by atoms with van der Waals surface area (Å²) < 4.78 is 10.4. The van der Waals surface area contributed by atoms with E-state index in [9.17, 15) is 4.79 Å². The third kappa shape index (κ3) is 8.22. The summed E-state index contributed by atoms with van der Waals surface area (Å²) in [5.74, 6) is -0.221. The molecule has 1 atom stereocenters. The lowest BCUT2D eigenvalue weighted by atomic mass is 9.98. The standard InChI is InChI=1S/C15H31NO3/c1-5-7-8-9-10-12-19-13-11-15(3,16-6-2)14(17)18-4/h16H,5-13H2,1-4H3. The molecule has 4 nitrogen and oxygen atoms in total. The van der Waals surface area contributed by atoms with E-state index in [0.717, 1.165) is 19.6 Å². The molecule has 19 heavy (non-hydrogen) atoms. The smallest absolute Gasteiger partial charge is 0.325 e. The van der Waals surface area contributed by atoms with Crippen molar-refractivity contribution in [2.24, 2.45) is 0 Å². The highest BCUT2D eigenvalue weighted by Gasteiger charge is 2.32. The maximum absolute atomic E-state index is 11.7. The molecule has 0 aromatic carbocycles. The molecular formula is C15H31NO3. The van der Waals surface area contributed by atoms with Gasteiger partial charge in [-0.15, -0.1) is 0 Å². The maximum atomic E-state index is 11.7. The van der Waals surface area contributed by atoms with Crippen molar-refractivity contribution in [3.05, 3.63) is 0 Å². The summed E-state index contributed by atoms with van der Waals surface area (Å²) in [5, 5.41) is 3.17. The second kappa shape index (κ2) is 11.2. The Hall–Kier alpha value is -0.610. The van der Waals surface area contributed by atoms with Gasteiger partial charge < -0.3 is 14.8 Å². The summed E-state index contributed by atoms with van der Waals surface area (Å²) in [4.78, 5) is 11.7. The third-order valence-corrected chi connectivity index (χ3v) is 3.34. The zero-order valence-electron chi connectivity index (χ0n) is 13.1. The predicted molar refractivity (Wildman–Crippen MR) is 78.3 cm³/mol. The summed E-state index contributed by atoms with van der Waals surface area (Å²) in [6.07, 6.45) is 6.84. The number of ether oxygens (including phenoxy) is 2. The Morgan fingerprint density at radius 1 is 1.11 bits per heavy atom. The fourth-order valence-electron chi connectivity index (χ4n) is 2.06. The van der Waals surface area contributed by atoms with Gasteiger partial charge in [0.1, 0.15) is 5.54 Å². The zero-order chi connectivity index (χ0) is 14.6. The van der Waals surface area contributed by atoms with Crippen LogP contribution in [0.15, 0.2) is 0 Å². The molecule has 0 heterocycles. The first-order valence-corrected chi connectivity index (χ1v) is 7.52. The average Bonchev–Trinajstić information content (AvgIpc) is 2.41. The molecule has 0 aromatic rings. The average molecular weight is 273 g/mol. The number of hydrogen-bond donors (Lipinski definition) is 1. The van der Waals surface area contributed by atoms with E-state index in [1.165, 1.54) is 32.8 Å². The minimum atomic E-state index is -0.633. The van der Waals surface area contributed by atoms with Crippen molar-refractivity contribution in [2.45, 2.75) is 64.8 Å². The lowest BCUT2D eigenvalue weighted by Gasteiger charge is -2.27. The highest BCUT2D eigenvalue weighted by atomic mass is 16.5. The molecule has 0 saturated carbocycles. The lowest BCUT2D eigenvalue weighted by Crippen LogP contribution is -2.50. The summed E-state index contributed by atoms with van der Waals surface area (Å²) in [7, 11) is 1.42. The van der Waals surface area contributed by atoms with Crippen molar-refractivity contribution in [2.75, 3.05) is 26.9 Å². The van der Waals surface area contributed by atoms with E-state index in [4.69, 9.17) is 9.47 Å². The summed E-state index contributed by atoms with van der Waals surface area (Å²) in [6.45, 7) is 8.18. The van der Waals surface area contributed by atoms with Crippen LogP contribution >= 0.6 is 0 Å². The summed E-state index contributed by atoms with van der Waals surface area (Å²) >= 11 is 0. The molecule has 0 aliphatic heterocycles. The minimum absolute atomic E-state index is 0.221. The Kier molecular flexibility index (Phi) is 10.9. The van der Waals surface area contributed by atoms with E-state index in [-0.39, 0.29) is 5.97 Å². The Balaban J connectivity index is 3.73. The van der Waals surface area contributed by atoms with Gasteiger partial charge in [0.2, 0.25) is 0 Å². The van der Waals surface area contributed by atoms with Gasteiger partial charge in [0.15, 0.2) is 0 Å². The van der Waals surface area contributed by atoms with Crippen LogP contribution in [-0.4, -0.2) is 38.4 Å². The van der Waals surface area contributed by atoms with Gasteiger partial charge in [-0.25, -0.2) is 0 Å². The molecule has 0 aliphatic carbocycles. The number of likely N-dealkylation sites (N-methyl/N-ethyl adjacent to an activating group) is 1. The first-order chi connectivity index (χ1) is 9.10. The van der Waals surface area contributed by atoms with Crippen molar-refractivity contribution in [1.29, 1.82) is 0 Å². The van der Waals surface area contributed by atoms with E-state index < -0.39 is 5.54 Å². The predicted octanol–water partition coefficient (Wildman–Crippen LogP) is 2.90. The molecule has 114 valence electrons. The Morgan fingerprint density at radius 2 is 1.79 bits per heavy atom. The number of esters is 1. The van der Waals surface area contributed by atoms with Gasteiger partial charge in [-0.1, -0.05) is 39.5 Å². The van der Waals surface area contributed by atoms with Gasteiger partial charge in [-0.05, 0) is 26.3 Å². The number of hydrogen-bond acceptors (Lipinski definition) is 4. The largest absolute Gasteiger partial charge is 0.468 e. The van der Waals surface area contributed by atoms with Crippen LogP contribution < -0.4 is 5.32 Å². The Morgan fingerprint density at radius 3 is 2.37 bits per heavy atom. The van der Waals surface area contributed by atoms with E-state index in [1.54, 1.807) is 0 Å². The van der Waals surface area contributed by atoms with Crippen LogP contribution in [0.4, 0.5) is 0 Å². The molecule has 0 rings (SSSR count). The van der Waals surface area contributed by atoms with Crippen LogP contribution in [-0.2, 0) is 14.3 Å². The van der Waals surface area contributed by atoms with Gasteiger partial charge in [0.25, 0.3) is 0 Å². The molecule has 0 amide bonds. The second-order valence-electron chi connectivity index (χ2n) is 5.13. The molecule has 1 unspecified atom stereocenters. The molecule has 0 aliphatic rings. The van der Waals surface area contributed by atoms with E-state index in [1.807, 2.05) is 13.8 Å². The lowest BCUT2D eigenvalue weighted by molar-refractivity contribution is -0.148. The molecule has 0 aromatic heterocycles. The molecule has 1 N–H and O–H groups in total. The molecule has 0 fully saturated rings.